The van der Waals surface area contributed by atoms with Gasteiger partial charge in [0, 0.05) is 18.3 Å². The number of nitrogens with one attached hydrogen (secondary N) is 2. The highest BCUT2D eigenvalue weighted by Crippen LogP contribution is 2.28. The number of hydrogen-bond donors (Lipinski definition) is 2. The highest BCUT2D eigenvalue weighted by atomic mass is 35.5. The summed E-state index contributed by atoms with van der Waals surface area (Å²) in [6.45, 7) is 0. The van der Waals surface area contributed by atoms with Crippen molar-refractivity contribution in [1.82, 2.24) is 15.0 Å². The molecule has 0 aliphatic heterocycles. The van der Waals surface area contributed by atoms with Gasteiger partial charge in [-0.2, -0.15) is 4.98 Å². The quantitative estimate of drug-likeness (QED) is 0.615. The first kappa shape index (κ1) is 17.7. The number of hydrogen-bond acceptors (Lipinski definition) is 5. The van der Waals surface area contributed by atoms with E-state index in [0.717, 1.165) is 18.5 Å². The zero-order valence-corrected chi connectivity index (χ0v) is 15.4. The Hall–Kier alpha value is -2.73. The molecule has 2 N–H and O–H groups in total. The monoisotopic (exact) mass is 383 g/mol. The maximum Gasteiger partial charge on any atom is 0.225 e. The molecular weight excluding hydrogens is 365 g/mol. The van der Waals surface area contributed by atoms with Crippen molar-refractivity contribution in [2.24, 2.45) is 0 Å². The first-order valence-electron chi connectivity index (χ1n) is 8.96. The van der Waals surface area contributed by atoms with Crippen molar-refractivity contribution in [3.63, 3.8) is 0 Å². The minimum atomic E-state index is -0.383. The Bertz CT molecular complexity index is 929. The van der Waals surface area contributed by atoms with Crippen molar-refractivity contribution in [1.29, 1.82) is 0 Å². The van der Waals surface area contributed by atoms with E-state index in [9.17, 15) is 4.39 Å². The fourth-order valence-corrected chi connectivity index (χ4v) is 3.42. The summed E-state index contributed by atoms with van der Waals surface area (Å²) in [5.41, 5.74) is 2.03. The lowest BCUT2D eigenvalue weighted by molar-refractivity contribution is 0.628. The van der Waals surface area contributed by atoms with Gasteiger partial charge in [-0.05, 0) is 43.2 Å². The van der Waals surface area contributed by atoms with Crippen LogP contribution in [0.1, 0.15) is 25.7 Å². The smallest absolute Gasteiger partial charge is 0.225 e. The first-order valence-corrected chi connectivity index (χ1v) is 9.34. The van der Waals surface area contributed by atoms with Gasteiger partial charge < -0.3 is 10.6 Å². The largest absolute Gasteiger partial charge is 0.351 e. The molecule has 0 saturated heterocycles. The van der Waals surface area contributed by atoms with Gasteiger partial charge in [0.1, 0.15) is 11.6 Å². The zero-order valence-electron chi connectivity index (χ0n) is 14.6. The number of pyridine rings is 1. The molecule has 1 aromatic carbocycles. The minimum absolute atomic E-state index is 0.290. The third-order valence-electron chi connectivity index (χ3n) is 4.54. The highest BCUT2D eigenvalue weighted by Gasteiger charge is 2.17. The lowest BCUT2D eigenvalue weighted by Gasteiger charge is -2.15. The van der Waals surface area contributed by atoms with Gasteiger partial charge in [-0.15, -0.1) is 0 Å². The molecule has 3 aromatic rings. The lowest BCUT2D eigenvalue weighted by atomic mass is 10.2. The van der Waals surface area contributed by atoms with Crippen LogP contribution in [-0.4, -0.2) is 21.0 Å². The molecule has 1 aliphatic carbocycles. The molecule has 2 heterocycles. The second-order valence-electron chi connectivity index (χ2n) is 6.55. The predicted molar refractivity (Wildman–Crippen MR) is 106 cm³/mol. The van der Waals surface area contributed by atoms with E-state index >= 15 is 0 Å². The molecule has 7 heteroatoms. The molecule has 5 nitrogen and oxygen atoms in total. The second kappa shape index (κ2) is 7.88. The number of nitrogens with zero attached hydrogens (tertiary/aromatic N) is 3. The topological polar surface area (TPSA) is 62.7 Å². The average Bonchev–Trinajstić information content (AvgIpc) is 3.18. The number of benzene rings is 1. The first-order chi connectivity index (χ1) is 13.2. The molecule has 0 amide bonds. The van der Waals surface area contributed by atoms with Crippen LogP contribution in [0.4, 0.5) is 21.8 Å². The molecule has 0 bridgehead atoms. The molecule has 0 spiro atoms. The number of anilines is 3. The van der Waals surface area contributed by atoms with Crippen LogP contribution < -0.4 is 10.6 Å². The normalized spacial score (nSPS) is 14.3. The molecule has 4 rings (SSSR count). The zero-order chi connectivity index (χ0) is 18.6. The van der Waals surface area contributed by atoms with E-state index in [1.807, 2.05) is 24.3 Å². The molecule has 1 saturated carbocycles. The maximum atomic E-state index is 13.3. The Kier molecular flexibility index (Phi) is 5.16. The summed E-state index contributed by atoms with van der Waals surface area (Å²) in [5.74, 6) is 0.733. The predicted octanol–water partition coefficient (Wildman–Crippen LogP) is 5.43. The summed E-state index contributed by atoms with van der Waals surface area (Å²) in [6.07, 6.45) is 6.39. The van der Waals surface area contributed by atoms with Crippen molar-refractivity contribution >= 4 is 29.1 Å². The Labute approximate surface area is 162 Å². The molecule has 1 aliphatic rings. The summed E-state index contributed by atoms with van der Waals surface area (Å²) in [7, 11) is 0. The summed E-state index contributed by atoms with van der Waals surface area (Å²) in [5, 5.41) is 6.87. The maximum absolute atomic E-state index is 13.3. The Morgan fingerprint density at radius 1 is 1.00 bits per heavy atom. The lowest BCUT2D eigenvalue weighted by Crippen LogP contribution is -2.17. The van der Waals surface area contributed by atoms with E-state index in [4.69, 9.17) is 11.6 Å². The Balaban J connectivity index is 1.68. The Morgan fingerprint density at radius 2 is 1.85 bits per heavy atom. The number of rotatable bonds is 5. The van der Waals surface area contributed by atoms with Crippen LogP contribution in [0.15, 0.2) is 48.7 Å². The van der Waals surface area contributed by atoms with Crippen LogP contribution >= 0.6 is 11.6 Å². The molecular formula is C20H19ClFN5. The summed E-state index contributed by atoms with van der Waals surface area (Å²) in [4.78, 5) is 13.6. The van der Waals surface area contributed by atoms with Crippen molar-refractivity contribution in [2.45, 2.75) is 31.7 Å². The molecule has 0 atom stereocenters. The van der Waals surface area contributed by atoms with Gasteiger partial charge in [-0.25, -0.2) is 9.37 Å². The third kappa shape index (κ3) is 4.34. The van der Waals surface area contributed by atoms with Crippen LogP contribution in [-0.2, 0) is 0 Å². The van der Waals surface area contributed by atoms with Gasteiger partial charge in [-0.3, -0.25) is 4.98 Å². The molecule has 0 radical (unpaired) electrons. The van der Waals surface area contributed by atoms with Crippen LogP contribution in [0, 0.1) is 5.82 Å². The van der Waals surface area contributed by atoms with E-state index in [1.54, 1.807) is 12.3 Å². The summed E-state index contributed by atoms with van der Waals surface area (Å²) < 4.78 is 13.3. The highest BCUT2D eigenvalue weighted by molar-refractivity contribution is 6.33. The summed E-state index contributed by atoms with van der Waals surface area (Å²) in [6, 6.07) is 12.1. The van der Waals surface area contributed by atoms with E-state index in [0.29, 0.717) is 34.2 Å². The van der Waals surface area contributed by atoms with Gasteiger partial charge in [-0.1, -0.05) is 30.5 Å². The van der Waals surface area contributed by atoms with Gasteiger partial charge >= 0.3 is 0 Å². The average molecular weight is 384 g/mol. The van der Waals surface area contributed by atoms with Gasteiger partial charge in [0.25, 0.3) is 0 Å². The van der Waals surface area contributed by atoms with E-state index in [1.165, 1.54) is 25.0 Å². The second-order valence-corrected chi connectivity index (χ2v) is 6.96. The van der Waals surface area contributed by atoms with E-state index in [-0.39, 0.29) is 5.82 Å². The standard InChI is InChI=1S/C20H19ClFN5/c21-15-11-13(22)8-9-16(15)25-19-12-18(17-7-3-4-10-23-17)26-20(27-19)24-14-5-1-2-6-14/h3-4,7-12,14H,1-2,5-6H2,(H2,24,25,26,27). The molecule has 27 heavy (non-hydrogen) atoms. The third-order valence-corrected chi connectivity index (χ3v) is 4.85. The molecule has 1 fully saturated rings. The molecule has 138 valence electrons. The molecule has 2 aromatic heterocycles. The van der Waals surface area contributed by atoms with Crippen molar-refractivity contribution in [3.05, 3.63) is 59.5 Å². The number of aromatic nitrogens is 3. The van der Waals surface area contributed by atoms with Crippen LogP contribution in [0.25, 0.3) is 11.4 Å². The summed E-state index contributed by atoms with van der Waals surface area (Å²) >= 11 is 6.14. The van der Waals surface area contributed by atoms with Crippen molar-refractivity contribution in [2.75, 3.05) is 10.6 Å². The van der Waals surface area contributed by atoms with Crippen molar-refractivity contribution < 1.29 is 4.39 Å². The Morgan fingerprint density at radius 3 is 2.59 bits per heavy atom. The van der Waals surface area contributed by atoms with Gasteiger partial charge in [0.15, 0.2) is 0 Å². The molecule has 0 unspecified atom stereocenters. The SMILES string of the molecule is Fc1ccc(Nc2cc(-c3ccccn3)nc(NC3CCCC3)n2)c(Cl)c1. The van der Waals surface area contributed by atoms with Crippen LogP contribution in [0.5, 0.6) is 0 Å². The fraction of sp³-hybridized carbons (Fsp3) is 0.250. The number of halogens is 2. The van der Waals surface area contributed by atoms with Crippen LogP contribution in [0.3, 0.4) is 0 Å². The van der Waals surface area contributed by atoms with E-state index in [2.05, 4.69) is 25.6 Å². The van der Waals surface area contributed by atoms with E-state index < -0.39 is 0 Å². The van der Waals surface area contributed by atoms with Crippen LogP contribution in [0.2, 0.25) is 5.02 Å². The van der Waals surface area contributed by atoms with Gasteiger partial charge in [0.2, 0.25) is 5.95 Å². The fourth-order valence-electron chi connectivity index (χ4n) is 3.20. The van der Waals surface area contributed by atoms with Gasteiger partial charge in [0.05, 0.1) is 22.1 Å². The van der Waals surface area contributed by atoms with Crippen molar-refractivity contribution in [3.8, 4) is 11.4 Å². The minimum Gasteiger partial charge on any atom is -0.351 e.